The molecule has 7 heteroatoms. The number of methoxy groups -OCH3 is 1. The van der Waals surface area contributed by atoms with E-state index in [9.17, 15) is 14.4 Å². The molecule has 0 aromatic heterocycles. The van der Waals surface area contributed by atoms with Gasteiger partial charge in [0.1, 0.15) is 6.04 Å². The highest BCUT2D eigenvalue weighted by Gasteiger charge is 2.31. The maximum absolute atomic E-state index is 13.1. The van der Waals surface area contributed by atoms with Gasteiger partial charge in [-0.25, -0.2) is 4.79 Å². The van der Waals surface area contributed by atoms with Crippen molar-refractivity contribution in [2.45, 2.75) is 66.3 Å². The molecule has 0 saturated carbocycles. The maximum Gasteiger partial charge on any atom is 0.328 e. The van der Waals surface area contributed by atoms with Gasteiger partial charge in [0.25, 0.3) is 0 Å². The lowest BCUT2D eigenvalue weighted by atomic mass is 9.90. The van der Waals surface area contributed by atoms with E-state index in [-0.39, 0.29) is 29.6 Å². The minimum Gasteiger partial charge on any atom is -0.467 e. The Morgan fingerprint density at radius 3 is 2.00 bits per heavy atom. The Hall–Kier alpha value is -2.41. The molecule has 0 aliphatic rings. The Labute approximate surface area is 218 Å². The van der Waals surface area contributed by atoms with E-state index < -0.39 is 17.9 Å². The molecule has 7 nitrogen and oxygen atoms in total. The molecule has 5 atom stereocenters. The van der Waals surface area contributed by atoms with E-state index in [4.69, 9.17) is 4.74 Å². The highest BCUT2D eigenvalue weighted by Crippen LogP contribution is 2.21. The van der Waals surface area contributed by atoms with Crippen LogP contribution in [0.25, 0.3) is 0 Å². The van der Waals surface area contributed by atoms with Crippen molar-refractivity contribution in [3.63, 3.8) is 0 Å². The zero-order chi connectivity index (χ0) is 27.6. The van der Waals surface area contributed by atoms with Crippen LogP contribution >= 0.6 is 0 Å². The zero-order valence-corrected chi connectivity index (χ0v) is 24.2. The molecular weight excluding hydrogens is 454 g/mol. The number of carbonyl (C=O) groups is 3. The fourth-order valence-electron chi connectivity index (χ4n) is 4.61. The molecule has 0 aliphatic heterocycles. The number of esters is 1. The van der Waals surface area contributed by atoms with Crippen molar-refractivity contribution in [1.29, 1.82) is 0 Å². The third-order valence-corrected chi connectivity index (χ3v) is 6.51. The first-order valence-corrected chi connectivity index (χ1v) is 13.2. The van der Waals surface area contributed by atoms with Crippen LogP contribution in [0, 0.1) is 23.7 Å². The van der Waals surface area contributed by atoms with E-state index in [0.29, 0.717) is 18.9 Å². The summed E-state index contributed by atoms with van der Waals surface area (Å²) in [7, 11) is 7.54. The topological polar surface area (TPSA) is 84.5 Å². The number of hydrogen-bond donors (Lipinski definition) is 2. The van der Waals surface area contributed by atoms with Gasteiger partial charge in [0.15, 0.2) is 0 Å². The van der Waals surface area contributed by atoms with E-state index in [1.54, 1.807) is 0 Å². The lowest BCUT2D eigenvalue weighted by Crippen LogP contribution is -2.48. The third-order valence-electron chi connectivity index (χ3n) is 6.51. The first-order chi connectivity index (χ1) is 16.6. The third kappa shape index (κ3) is 11.1. The van der Waals surface area contributed by atoms with Gasteiger partial charge in [-0.3, -0.25) is 9.59 Å². The lowest BCUT2D eigenvalue weighted by Gasteiger charge is -2.28. The summed E-state index contributed by atoms with van der Waals surface area (Å²) >= 11 is 0. The van der Waals surface area contributed by atoms with Crippen LogP contribution in [0.5, 0.6) is 0 Å². The smallest absolute Gasteiger partial charge is 0.328 e. The second-order valence-electron chi connectivity index (χ2n) is 12.0. The number of carbonyl (C=O) groups excluding carboxylic acids is 3. The molecule has 1 aromatic carbocycles. The summed E-state index contributed by atoms with van der Waals surface area (Å²) in [4.78, 5) is 38.1. The predicted octanol–water partition coefficient (Wildman–Crippen LogP) is 3.77. The Morgan fingerprint density at radius 2 is 1.50 bits per heavy atom. The first kappa shape index (κ1) is 31.6. The van der Waals surface area contributed by atoms with Crippen LogP contribution in [0.3, 0.4) is 0 Å². The Bertz CT molecular complexity index is 845. The van der Waals surface area contributed by atoms with Crippen molar-refractivity contribution in [3.05, 3.63) is 35.4 Å². The normalized spacial score (nSPS) is 16.0. The lowest BCUT2D eigenvalue weighted by molar-refractivity contribution is -0.872. The van der Waals surface area contributed by atoms with Crippen LogP contribution in [-0.2, 0) is 25.5 Å². The maximum atomic E-state index is 13.1. The van der Waals surface area contributed by atoms with Crippen LogP contribution in [-0.4, -0.2) is 69.7 Å². The Balaban J connectivity index is 2.73. The largest absolute Gasteiger partial charge is 0.467 e. The number of hydrogen-bond acceptors (Lipinski definition) is 4. The summed E-state index contributed by atoms with van der Waals surface area (Å²) in [5.41, 5.74) is 2.16. The second kappa shape index (κ2) is 14.4. The molecule has 5 unspecified atom stereocenters. The molecule has 0 radical (unpaired) electrons. The highest BCUT2D eigenvalue weighted by molar-refractivity contribution is 5.88. The van der Waals surface area contributed by atoms with E-state index in [1.807, 2.05) is 39.8 Å². The van der Waals surface area contributed by atoms with Gasteiger partial charge >= 0.3 is 5.97 Å². The van der Waals surface area contributed by atoms with E-state index in [0.717, 1.165) is 23.0 Å². The summed E-state index contributed by atoms with van der Waals surface area (Å²) in [6.45, 7) is 13.4. The summed E-state index contributed by atoms with van der Waals surface area (Å²) in [5.74, 6) is -0.552. The van der Waals surface area contributed by atoms with Gasteiger partial charge in [0, 0.05) is 6.54 Å². The number of nitrogens with one attached hydrogen (secondary N) is 2. The standard InChI is InChI=1S/C29H49N3O4/c1-19(2)15-24-11-13-25(14-12-24)23(6)28(34)31-26(29(35)36-10)21(4)16-20(3)17-30-27(33)22(5)18-32(7,8)9/h11-14,19-23,26H,15-18H2,1-10H3,(H-,30,31,33,34)/p+1. The van der Waals surface area contributed by atoms with Crippen LogP contribution in [0.4, 0.5) is 0 Å². The van der Waals surface area contributed by atoms with Gasteiger partial charge < -0.3 is 19.9 Å². The number of ether oxygens (including phenoxy) is 1. The van der Waals surface area contributed by atoms with Gasteiger partial charge in [-0.05, 0) is 55.6 Å². The van der Waals surface area contributed by atoms with Crippen molar-refractivity contribution in [3.8, 4) is 0 Å². The summed E-state index contributed by atoms with van der Waals surface area (Å²) < 4.78 is 5.73. The minimum atomic E-state index is -0.750. The summed E-state index contributed by atoms with van der Waals surface area (Å²) in [6, 6.07) is 7.36. The van der Waals surface area contributed by atoms with Crippen LogP contribution in [0.15, 0.2) is 24.3 Å². The molecule has 0 saturated heterocycles. The molecule has 36 heavy (non-hydrogen) atoms. The molecule has 2 amide bonds. The zero-order valence-electron chi connectivity index (χ0n) is 24.2. The van der Waals surface area contributed by atoms with Gasteiger partial charge in [0.2, 0.25) is 11.8 Å². The average molecular weight is 505 g/mol. The number of quaternary nitrogens is 1. The van der Waals surface area contributed by atoms with Crippen molar-refractivity contribution >= 4 is 17.8 Å². The monoisotopic (exact) mass is 504 g/mol. The molecule has 2 N–H and O–H groups in total. The van der Waals surface area contributed by atoms with Crippen LogP contribution in [0.2, 0.25) is 0 Å². The number of rotatable bonds is 14. The molecule has 1 aromatic rings. The quantitative estimate of drug-likeness (QED) is 0.298. The van der Waals surface area contributed by atoms with Crippen LogP contribution < -0.4 is 10.6 Å². The minimum absolute atomic E-state index is 0.0358. The van der Waals surface area contributed by atoms with E-state index in [1.165, 1.54) is 12.7 Å². The molecule has 0 aliphatic carbocycles. The Kier molecular flexibility index (Phi) is 12.6. The van der Waals surface area contributed by atoms with Gasteiger partial charge in [-0.15, -0.1) is 0 Å². The SMILES string of the molecule is COC(=O)C(NC(=O)C(C)c1ccc(CC(C)C)cc1)C(C)CC(C)CNC(=O)C(C)C[N+](C)(C)C. The average Bonchev–Trinajstić information content (AvgIpc) is 2.78. The summed E-state index contributed by atoms with van der Waals surface area (Å²) in [5, 5.41) is 5.96. The molecule has 0 fully saturated rings. The highest BCUT2D eigenvalue weighted by atomic mass is 16.5. The van der Waals surface area contributed by atoms with Crippen LogP contribution in [0.1, 0.15) is 65.0 Å². The number of benzene rings is 1. The molecule has 0 spiro atoms. The van der Waals surface area contributed by atoms with E-state index >= 15 is 0 Å². The van der Waals surface area contributed by atoms with Gasteiger partial charge in [0.05, 0.1) is 46.6 Å². The molecule has 1 rings (SSSR count). The Morgan fingerprint density at radius 1 is 0.917 bits per heavy atom. The fourth-order valence-corrected chi connectivity index (χ4v) is 4.61. The first-order valence-electron chi connectivity index (χ1n) is 13.2. The van der Waals surface area contributed by atoms with Gasteiger partial charge in [-0.1, -0.05) is 52.0 Å². The number of nitrogens with zero attached hydrogens (tertiary/aromatic N) is 1. The van der Waals surface area contributed by atoms with Crippen molar-refractivity contribution < 1.29 is 23.6 Å². The van der Waals surface area contributed by atoms with Crippen molar-refractivity contribution in [2.24, 2.45) is 23.7 Å². The fraction of sp³-hybridized carbons (Fsp3) is 0.690. The van der Waals surface area contributed by atoms with Gasteiger partial charge in [-0.2, -0.15) is 0 Å². The summed E-state index contributed by atoms with van der Waals surface area (Å²) in [6.07, 6.45) is 1.65. The predicted molar refractivity (Wildman–Crippen MR) is 145 cm³/mol. The second-order valence-corrected chi connectivity index (χ2v) is 12.0. The molecule has 0 heterocycles. The molecule has 204 valence electrons. The van der Waals surface area contributed by atoms with E-state index in [2.05, 4.69) is 57.8 Å². The van der Waals surface area contributed by atoms with Crippen molar-refractivity contribution in [2.75, 3.05) is 41.3 Å². The number of amides is 2. The molecular formula is C29H50N3O4+. The van der Waals surface area contributed by atoms with Crippen molar-refractivity contribution in [1.82, 2.24) is 10.6 Å². The molecule has 0 bridgehead atoms.